The van der Waals surface area contributed by atoms with Gasteiger partial charge in [-0.1, -0.05) is 352 Å². The summed E-state index contributed by atoms with van der Waals surface area (Å²) in [6.07, 6.45) is 0. The third-order valence-electron chi connectivity index (χ3n) is 21.6. The minimum absolute atomic E-state index is 0.660. The number of nitrogens with zero attached hydrogens (tertiary/aromatic N) is 9. The Bertz CT molecular complexity index is 7600. The molecule has 0 unspecified atom stereocenters. The van der Waals surface area contributed by atoms with Gasteiger partial charge in [0, 0.05) is 111 Å². The lowest BCUT2D eigenvalue weighted by atomic mass is 9.94. The maximum absolute atomic E-state index is 5.00. The van der Waals surface area contributed by atoms with Gasteiger partial charge in [-0.15, -0.1) is 34.0 Å². The SMILES string of the molecule is c1ccc(-c2nc(-c3ccc(-c4ccc5sc6ccccc6c5c4)cc3)nc(-c3ccc4ccccc4c3)n2)cc1.c1ccc(-c2nc(-c3ccccc3)nc(-c3ccc(-c4ccc5sc6ccccc6c5c4)c4ccccc34)n2)cc1.c1ccc(-c2nc(-c3ccccc3)nc(-c3ccc(-c4cccc5c4sc4ccccc45)cc3)n2)cc1. The van der Waals surface area contributed by atoms with Gasteiger partial charge in [-0.3, -0.25) is 0 Å². The lowest BCUT2D eigenvalue weighted by Gasteiger charge is -2.13. The van der Waals surface area contributed by atoms with Crippen molar-refractivity contribution in [2.45, 2.75) is 0 Å². The fraction of sp³-hybridized carbons (Fsp3) is 0. The molecule has 0 bridgehead atoms. The second-order valence-corrected chi connectivity index (χ2v) is 32.3. The zero-order chi connectivity index (χ0) is 79.0. The van der Waals surface area contributed by atoms with E-state index in [9.17, 15) is 0 Å². The van der Waals surface area contributed by atoms with E-state index in [1.165, 1.54) is 99.1 Å². The van der Waals surface area contributed by atoms with Gasteiger partial charge in [-0.25, -0.2) is 44.9 Å². The van der Waals surface area contributed by atoms with Crippen LogP contribution in [0.25, 0.3) is 218 Å². The second-order valence-electron chi connectivity index (χ2n) is 29.1. The molecule has 6 heterocycles. The summed E-state index contributed by atoms with van der Waals surface area (Å²) in [6.45, 7) is 0. The van der Waals surface area contributed by atoms with E-state index < -0.39 is 0 Å². The first kappa shape index (κ1) is 71.7. The molecule has 12 heteroatoms. The number of fused-ring (bicyclic) bond motifs is 11. The first-order valence-electron chi connectivity index (χ1n) is 39.5. The highest BCUT2D eigenvalue weighted by molar-refractivity contribution is 7.27. The summed E-state index contributed by atoms with van der Waals surface area (Å²) in [5.41, 5.74) is 15.9. The summed E-state index contributed by atoms with van der Waals surface area (Å²) in [5, 5.41) is 12.5. The van der Waals surface area contributed by atoms with Crippen molar-refractivity contribution < 1.29 is 0 Å². The van der Waals surface area contributed by atoms with Crippen LogP contribution in [0.4, 0.5) is 0 Å². The maximum Gasteiger partial charge on any atom is 0.164 e. The molecule has 0 amide bonds. The average Bonchev–Trinajstić information content (AvgIpc) is 1.71. The zero-order valence-electron chi connectivity index (χ0n) is 63.9. The smallest absolute Gasteiger partial charge is 0.164 e. The zero-order valence-corrected chi connectivity index (χ0v) is 66.4. The van der Waals surface area contributed by atoms with Gasteiger partial charge in [0.2, 0.25) is 0 Å². The lowest BCUT2D eigenvalue weighted by molar-refractivity contribution is 1.07. The van der Waals surface area contributed by atoms with E-state index >= 15 is 0 Å². The summed E-state index contributed by atoms with van der Waals surface area (Å²) < 4.78 is 7.89. The van der Waals surface area contributed by atoms with E-state index in [1.807, 2.05) is 186 Å². The summed E-state index contributed by atoms with van der Waals surface area (Å²) in [7, 11) is 0. The highest BCUT2D eigenvalue weighted by atomic mass is 32.1. The van der Waals surface area contributed by atoms with Gasteiger partial charge in [0.05, 0.1) is 0 Å². The predicted octanol–water partition coefficient (Wildman–Crippen LogP) is 29.0. The van der Waals surface area contributed by atoms with Crippen LogP contribution in [0.5, 0.6) is 0 Å². The van der Waals surface area contributed by atoms with Gasteiger partial charge in [0.25, 0.3) is 0 Å². The Morgan fingerprint density at radius 1 is 0.134 bits per heavy atom. The minimum atomic E-state index is 0.660. The van der Waals surface area contributed by atoms with Crippen molar-refractivity contribution in [3.8, 4) is 136 Å². The van der Waals surface area contributed by atoms with Crippen LogP contribution in [0.1, 0.15) is 0 Å². The molecule has 0 N–H and O–H groups in total. The number of aromatic nitrogens is 9. The molecule has 0 aliphatic rings. The van der Waals surface area contributed by atoms with Crippen molar-refractivity contribution >= 4 is 116 Å². The Hall–Kier alpha value is -15.1. The van der Waals surface area contributed by atoms with E-state index in [1.54, 1.807) is 0 Å². The molecule has 9 nitrogen and oxygen atoms in total. The summed E-state index contributed by atoms with van der Waals surface area (Å²) in [5.74, 6) is 5.99. The summed E-state index contributed by atoms with van der Waals surface area (Å²) in [6, 6.07) is 141. The predicted molar refractivity (Wildman–Crippen MR) is 498 cm³/mol. The van der Waals surface area contributed by atoms with Crippen LogP contribution in [0.15, 0.2) is 406 Å². The van der Waals surface area contributed by atoms with Gasteiger partial charge in [-0.05, 0) is 110 Å². The topological polar surface area (TPSA) is 116 Å². The van der Waals surface area contributed by atoms with Crippen LogP contribution in [-0.4, -0.2) is 44.9 Å². The molecule has 23 rings (SSSR count). The van der Waals surface area contributed by atoms with Gasteiger partial charge in [-0.2, -0.15) is 0 Å². The fourth-order valence-corrected chi connectivity index (χ4v) is 19.1. The van der Waals surface area contributed by atoms with Crippen molar-refractivity contribution in [3.63, 3.8) is 0 Å². The molecule has 0 spiro atoms. The molecule has 6 aromatic heterocycles. The lowest BCUT2D eigenvalue weighted by Crippen LogP contribution is -2.00. The minimum Gasteiger partial charge on any atom is -0.208 e. The van der Waals surface area contributed by atoms with E-state index in [-0.39, 0.29) is 0 Å². The third kappa shape index (κ3) is 14.4. The monoisotopic (exact) mass is 1570 g/mol. The molecule has 558 valence electrons. The standard InChI is InChI=1S/2C37H23N3S.C33H21N3S/c1-3-11-24(12-4-1)35-38-36(25-13-5-2-6-14-25)40-37(39-35)31-21-20-27(28-15-7-8-16-29(28)31)26-19-22-34-32(23-26)30-17-9-10-18-33(30)41-34;1-2-9-26(10-3-1)35-38-36(40-37(39-35)30-19-16-24-8-4-5-11-28(24)22-30)27-17-14-25(15-18-27)29-20-21-34-32(23-29)31-12-6-7-13-33(31)41-34;1-3-10-23(11-4-1)31-34-32(24-12-5-2-6-13-24)36-33(35-31)25-20-18-22(19-21-25)26-15-9-16-28-27-14-7-8-17-29(27)37-30(26)28/h2*1-23H;1-21H. The normalized spacial score (nSPS) is 11.4. The van der Waals surface area contributed by atoms with Gasteiger partial charge in [0.15, 0.2) is 52.4 Å². The van der Waals surface area contributed by atoms with Crippen LogP contribution >= 0.6 is 34.0 Å². The largest absolute Gasteiger partial charge is 0.208 e. The number of benzene rings is 17. The van der Waals surface area contributed by atoms with Crippen molar-refractivity contribution in [1.29, 1.82) is 0 Å². The van der Waals surface area contributed by atoms with Crippen LogP contribution in [0.2, 0.25) is 0 Å². The second kappa shape index (κ2) is 31.6. The molecular formula is C107H67N9S3. The van der Waals surface area contributed by atoms with Crippen molar-refractivity contribution in [1.82, 2.24) is 44.9 Å². The Balaban J connectivity index is 0.000000111. The maximum atomic E-state index is 5.00. The van der Waals surface area contributed by atoms with Crippen LogP contribution in [0.3, 0.4) is 0 Å². The summed E-state index contributed by atoms with van der Waals surface area (Å²) in [4.78, 5) is 44.2. The van der Waals surface area contributed by atoms with E-state index in [0.29, 0.717) is 52.4 Å². The highest BCUT2D eigenvalue weighted by Crippen LogP contribution is 2.44. The number of hydrogen-bond acceptors (Lipinski definition) is 12. The van der Waals surface area contributed by atoms with Crippen LogP contribution in [-0.2, 0) is 0 Å². The number of hydrogen-bond donors (Lipinski definition) is 0. The molecule has 0 aliphatic carbocycles. The Kier molecular flexibility index (Phi) is 19.1. The molecule has 23 aromatic rings. The average molecular weight is 1570 g/mol. The van der Waals surface area contributed by atoms with Crippen molar-refractivity contribution in [2.75, 3.05) is 0 Å². The van der Waals surface area contributed by atoms with Crippen molar-refractivity contribution in [3.05, 3.63) is 406 Å². The quantitative estimate of drug-likeness (QED) is 0.118. The molecule has 0 atom stereocenters. The van der Waals surface area contributed by atoms with Gasteiger partial charge in [0.1, 0.15) is 0 Å². The molecule has 0 aliphatic heterocycles. The molecule has 17 aromatic carbocycles. The molecule has 0 radical (unpaired) electrons. The Morgan fingerprint density at radius 3 is 0.908 bits per heavy atom. The van der Waals surface area contributed by atoms with E-state index in [0.717, 1.165) is 66.4 Å². The molecule has 119 heavy (non-hydrogen) atoms. The third-order valence-corrected chi connectivity index (χ3v) is 25.2. The highest BCUT2D eigenvalue weighted by Gasteiger charge is 2.21. The molecule has 0 saturated carbocycles. The number of rotatable bonds is 12. The molecule has 0 saturated heterocycles. The number of thiophene rings is 3. The van der Waals surface area contributed by atoms with E-state index in [2.05, 4.69) is 255 Å². The first-order chi connectivity index (χ1) is 58.9. The Morgan fingerprint density at radius 2 is 0.437 bits per heavy atom. The fourth-order valence-electron chi connectivity index (χ4n) is 15.7. The summed E-state index contributed by atoms with van der Waals surface area (Å²) >= 11 is 5.54. The van der Waals surface area contributed by atoms with Crippen LogP contribution < -0.4 is 0 Å². The van der Waals surface area contributed by atoms with Gasteiger partial charge < -0.3 is 0 Å². The first-order valence-corrected chi connectivity index (χ1v) is 41.9. The molecular weight excluding hydrogens is 1510 g/mol. The van der Waals surface area contributed by atoms with Crippen molar-refractivity contribution in [2.24, 2.45) is 0 Å². The van der Waals surface area contributed by atoms with Crippen LogP contribution in [0, 0.1) is 0 Å². The molecule has 0 fully saturated rings. The van der Waals surface area contributed by atoms with Gasteiger partial charge >= 0.3 is 0 Å². The van der Waals surface area contributed by atoms with E-state index in [4.69, 9.17) is 44.9 Å². The Labute approximate surface area is 698 Å².